The van der Waals surface area contributed by atoms with Crippen LogP contribution in [0.2, 0.25) is 0 Å². The summed E-state index contributed by atoms with van der Waals surface area (Å²) in [4.78, 5) is 4.43. The lowest BCUT2D eigenvalue weighted by atomic mass is 10.0. The highest BCUT2D eigenvalue weighted by molar-refractivity contribution is 7.89. The minimum atomic E-state index is -3.64. The highest BCUT2D eigenvalue weighted by Crippen LogP contribution is 2.22. The van der Waals surface area contributed by atoms with Gasteiger partial charge in [-0.2, -0.15) is 5.10 Å². The van der Waals surface area contributed by atoms with Crippen molar-refractivity contribution in [1.29, 1.82) is 0 Å². The maximum Gasteiger partial charge on any atom is 0.244 e. The molecule has 0 aliphatic heterocycles. The average Bonchev–Trinajstić information content (AvgIpc) is 2.96. The van der Waals surface area contributed by atoms with E-state index in [4.69, 9.17) is 0 Å². The van der Waals surface area contributed by atoms with Gasteiger partial charge in [0.05, 0.1) is 17.9 Å². The molecule has 2 aromatic rings. The molecular weight excluding hydrogens is 300 g/mol. The van der Waals surface area contributed by atoms with Crippen LogP contribution in [0.3, 0.4) is 0 Å². The van der Waals surface area contributed by atoms with Crippen LogP contribution in [-0.4, -0.2) is 23.2 Å². The first-order valence-corrected chi connectivity index (χ1v) is 8.77. The summed E-state index contributed by atoms with van der Waals surface area (Å²) < 4.78 is 29.5. The minimum Gasteiger partial charge on any atom is -0.269 e. The Morgan fingerprint density at radius 1 is 1.18 bits per heavy atom. The molecule has 0 aliphatic rings. The van der Waals surface area contributed by atoms with Gasteiger partial charge >= 0.3 is 0 Å². The molecule has 0 aromatic carbocycles. The summed E-state index contributed by atoms with van der Waals surface area (Å²) in [5, 5.41) is 4.09. The molecule has 6 nitrogen and oxygen atoms in total. The van der Waals surface area contributed by atoms with Gasteiger partial charge in [0.15, 0.2) is 0 Å². The van der Waals surface area contributed by atoms with Crippen molar-refractivity contribution in [3.05, 3.63) is 42.5 Å². The quantitative estimate of drug-likeness (QED) is 0.886. The second-order valence-electron chi connectivity index (χ2n) is 5.85. The fourth-order valence-electron chi connectivity index (χ4n) is 2.07. The van der Waals surface area contributed by atoms with Gasteiger partial charge < -0.3 is 0 Å². The standard InChI is InChI=1S/C15H22N4O2S/c1-11(2)15(14-7-5-6-8-16-14)18-22(20,21)13-9-17-19(10-13)12(3)4/h5-12,15,18H,1-4H3/t15-/m0/s1. The Kier molecular flexibility index (Phi) is 4.97. The van der Waals surface area contributed by atoms with Gasteiger partial charge in [-0.25, -0.2) is 13.1 Å². The fourth-order valence-corrected chi connectivity index (χ4v) is 3.37. The number of rotatable bonds is 6. The van der Waals surface area contributed by atoms with Gasteiger partial charge in [0, 0.05) is 18.4 Å². The summed E-state index contributed by atoms with van der Waals surface area (Å²) in [5.74, 6) is 0.0739. The minimum absolute atomic E-state index is 0.0739. The zero-order valence-electron chi connectivity index (χ0n) is 13.3. The van der Waals surface area contributed by atoms with Gasteiger partial charge in [-0.15, -0.1) is 0 Å². The van der Waals surface area contributed by atoms with Crippen molar-refractivity contribution in [2.24, 2.45) is 5.92 Å². The first kappa shape index (κ1) is 16.6. The van der Waals surface area contributed by atoms with Crippen LogP contribution in [0, 0.1) is 5.92 Å². The van der Waals surface area contributed by atoms with E-state index in [1.54, 1.807) is 17.1 Å². The van der Waals surface area contributed by atoms with E-state index >= 15 is 0 Å². The third kappa shape index (κ3) is 3.72. The van der Waals surface area contributed by atoms with Crippen LogP contribution in [0.1, 0.15) is 45.5 Å². The maximum absolute atomic E-state index is 12.6. The molecular formula is C15H22N4O2S. The lowest BCUT2D eigenvalue weighted by molar-refractivity contribution is 0.454. The van der Waals surface area contributed by atoms with Crippen LogP contribution < -0.4 is 4.72 Å². The Balaban J connectivity index is 2.28. The third-order valence-corrected chi connectivity index (χ3v) is 4.77. The molecule has 0 fully saturated rings. The van der Waals surface area contributed by atoms with Crippen molar-refractivity contribution in [2.75, 3.05) is 0 Å². The van der Waals surface area contributed by atoms with Gasteiger partial charge in [-0.3, -0.25) is 9.67 Å². The summed E-state index contributed by atoms with van der Waals surface area (Å²) in [6.45, 7) is 7.81. The number of nitrogens with zero attached hydrogens (tertiary/aromatic N) is 3. The number of nitrogens with one attached hydrogen (secondary N) is 1. The van der Waals surface area contributed by atoms with Crippen LogP contribution >= 0.6 is 0 Å². The van der Waals surface area contributed by atoms with E-state index in [-0.39, 0.29) is 22.9 Å². The summed E-state index contributed by atoms with van der Waals surface area (Å²) in [5.41, 5.74) is 0.706. The molecule has 0 spiro atoms. The van der Waals surface area contributed by atoms with Gasteiger partial charge in [0.1, 0.15) is 4.90 Å². The van der Waals surface area contributed by atoms with Crippen LogP contribution in [0.15, 0.2) is 41.7 Å². The summed E-state index contributed by atoms with van der Waals surface area (Å²) >= 11 is 0. The summed E-state index contributed by atoms with van der Waals surface area (Å²) in [6, 6.07) is 5.21. The van der Waals surface area contributed by atoms with E-state index in [1.165, 1.54) is 6.20 Å². The first-order chi connectivity index (χ1) is 10.3. The monoisotopic (exact) mass is 322 g/mol. The molecule has 1 N–H and O–H groups in total. The van der Waals surface area contributed by atoms with Crippen molar-refractivity contribution in [3.63, 3.8) is 0 Å². The fraction of sp³-hybridized carbons (Fsp3) is 0.467. The normalized spacial score (nSPS) is 13.7. The number of aromatic nitrogens is 3. The molecule has 0 bridgehead atoms. The van der Waals surface area contributed by atoms with E-state index in [2.05, 4.69) is 14.8 Å². The lowest BCUT2D eigenvalue weighted by Crippen LogP contribution is -2.32. The third-order valence-electron chi connectivity index (χ3n) is 3.37. The first-order valence-electron chi connectivity index (χ1n) is 7.28. The molecule has 0 radical (unpaired) electrons. The predicted molar refractivity (Wildman–Crippen MR) is 84.7 cm³/mol. The van der Waals surface area contributed by atoms with Crippen molar-refractivity contribution in [3.8, 4) is 0 Å². The van der Waals surface area contributed by atoms with Crippen LogP contribution in [-0.2, 0) is 10.0 Å². The second kappa shape index (κ2) is 6.58. The molecule has 0 saturated heterocycles. The van der Waals surface area contributed by atoms with Crippen molar-refractivity contribution in [2.45, 2.75) is 44.7 Å². The Morgan fingerprint density at radius 2 is 1.91 bits per heavy atom. The van der Waals surface area contributed by atoms with E-state index in [0.717, 1.165) is 0 Å². The lowest BCUT2D eigenvalue weighted by Gasteiger charge is -2.21. The van der Waals surface area contributed by atoms with Crippen LogP contribution in [0.25, 0.3) is 0 Å². The van der Waals surface area contributed by atoms with E-state index in [0.29, 0.717) is 5.69 Å². The smallest absolute Gasteiger partial charge is 0.244 e. The molecule has 0 aliphatic carbocycles. The van der Waals surface area contributed by atoms with Crippen LogP contribution in [0.5, 0.6) is 0 Å². The molecule has 120 valence electrons. The number of hydrogen-bond donors (Lipinski definition) is 1. The second-order valence-corrected chi connectivity index (χ2v) is 7.56. The van der Waals surface area contributed by atoms with Gasteiger partial charge in [0.25, 0.3) is 0 Å². The van der Waals surface area contributed by atoms with E-state index in [9.17, 15) is 8.42 Å². The zero-order valence-corrected chi connectivity index (χ0v) is 14.1. The van der Waals surface area contributed by atoms with E-state index < -0.39 is 10.0 Å². The Hall–Kier alpha value is -1.73. The Morgan fingerprint density at radius 3 is 2.41 bits per heavy atom. The highest BCUT2D eigenvalue weighted by atomic mass is 32.2. The molecule has 7 heteroatoms. The molecule has 2 aromatic heterocycles. The maximum atomic E-state index is 12.6. The zero-order chi connectivity index (χ0) is 16.3. The largest absolute Gasteiger partial charge is 0.269 e. The molecule has 0 amide bonds. The summed E-state index contributed by atoms with van der Waals surface area (Å²) in [6.07, 6.45) is 4.58. The van der Waals surface area contributed by atoms with Gasteiger partial charge in [0.2, 0.25) is 10.0 Å². The molecule has 0 saturated carbocycles. The molecule has 0 unspecified atom stereocenters. The van der Waals surface area contributed by atoms with Crippen molar-refractivity contribution in [1.82, 2.24) is 19.5 Å². The average molecular weight is 322 g/mol. The summed E-state index contributed by atoms with van der Waals surface area (Å²) in [7, 11) is -3.64. The van der Waals surface area contributed by atoms with Crippen molar-refractivity contribution >= 4 is 10.0 Å². The topological polar surface area (TPSA) is 76.9 Å². The Labute approximate surface area is 131 Å². The molecule has 1 atom stereocenters. The molecule has 2 heterocycles. The van der Waals surface area contributed by atoms with Crippen molar-refractivity contribution < 1.29 is 8.42 Å². The number of sulfonamides is 1. The number of pyridine rings is 1. The van der Waals surface area contributed by atoms with E-state index in [1.807, 2.05) is 45.9 Å². The van der Waals surface area contributed by atoms with Crippen LogP contribution in [0.4, 0.5) is 0 Å². The molecule has 2 rings (SSSR count). The predicted octanol–water partition coefficient (Wildman–Crippen LogP) is 2.53. The van der Waals surface area contributed by atoms with Gasteiger partial charge in [-0.05, 0) is 31.9 Å². The molecule has 22 heavy (non-hydrogen) atoms. The highest BCUT2D eigenvalue weighted by Gasteiger charge is 2.26. The number of hydrogen-bond acceptors (Lipinski definition) is 4. The SMILES string of the molecule is CC(C)[C@H](NS(=O)(=O)c1cnn(C(C)C)c1)c1ccccn1. The van der Waals surface area contributed by atoms with Gasteiger partial charge in [-0.1, -0.05) is 19.9 Å². The Bertz CT molecular complexity index is 708.